The molecule has 1 aliphatic carbocycles. The summed E-state index contributed by atoms with van der Waals surface area (Å²) in [6, 6.07) is 19.3. The molecule has 2 fully saturated rings. The third-order valence-corrected chi connectivity index (χ3v) is 8.39. The van der Waals surface area contributed by atoms with E-state index in [4.69, 9.17) is 5.73 Å². The van der Waals surface area contributed by atoms with Gasteiger partial charge in [0.2, 0.25) is 5.91 Å². The molecule has 1 saturated carbocycles. The highest BCUT2D eigenvalue weighted by Gasteiger charge is 2.40. The third kappa shape index (κ3) is 5.96. The number of para-hydroxylation sites is 2. The van der Waals surface area contributed by atoms with E-state index in [2.05, 4.69) is 46.6 Å². The van der Waals surface area contributed by atoms with Crippen LogP contribution in [-0.2, 0) is 16.9 Å². The third-order valence-electron chi connectivity index (χ3n) is 8.39. The molecule has 9 heteroatoms. The fraction of sp³-hybridized carbons (Fsp3) is 0.517. The maximum atomic E-state index is 13.6. The first-order chi connectivity index (χ1) is 17.6. The number of carbonyl (C=O) groups excluding carboxylic acids is 1. The Bertz CT molecular complexity index is 1230. The summed E-state index contributed by atoms with van der Waals surface area (Å²) in [6.07, 6.45) is 9.58. The van der Waals surface area contributed by atoms with Crippen LogP contribution < -0.4 is 16.7 Å². The Morgan fingerprint density at radius 1 is 0.895 bits per heavy atom. The van der Waals surface area contributed by atoms with Crippen LogP contribution in [0.2, 0.25) is 0 Å². The number of piperidine rings is 1. The number of hydrogen-bond acceptors (Lipinski definition) is 4. The quantitative estimate of drug-likeness (QED) is 0.412. The van der Waals surface area contributed by atoms with Crippen LogP contribution in [0, 0.1) is 0 Å². The number of nitrogens with one attached hydrogen (secondary N) is 1. The van der Waals surface area contributed by atoms with Crippen molar-refractivity contribution in [3.8, 4) is 0 Å². The molecule has 2 aromatic carbocycles. The van der Waals surface area contributed by atoms with Gasteiger partial charge in [-0.2, -0.15) is 0 Å². The van der Waals surface area contributed by atoms with Gasteiger partial charge in [0.25, 0.3) is 0 Å². The van der Waals surface area contributed by atoms with Gasteiger partial charge in [-0.25, -0.2) is 4.79 Å². The van der Waals surface area contributed by atoms with E-state index in [0.717, 1.165) is 37.0 Å². The largest absolute Gasteiger partial charge is 0.353 e. The minimum atomic E-state index is -0.204. The molecule has 1 aliphatic heterocycles. The van der Waals surface area contributed by atoms with Gasteiger partial charge in [0.05, 0.1) is 17.6 Å². The number of rotatable bonds is 7. The molecule has 0 radical (unpaired) electrons. The van der Waals surface area contributed by atoms with E-state index in [-0.39, 0.29) is 54.5 Å². The Balaban J connectivity index is 0.00000200. The molecule has 0 bridgehead atoms. The Morgan fingerprint density at radius 2 is 1.50 bits per heavy atom. The monoisotopic (exact) mass is 561 g/mol. The lowest BCUT2D eigenvalue weighted by molar-refractivity contribution is -0.119. The average Bonchev–Trinajstić information content (AvgIpc) is 3.06. The number of halogens is 2. The predicted molar refractivity (Wildman–Crippen MR) is 158 cm³/mol. The second-order valence-corrected chi connectivity index (χ2v) is 10.4. The summed E-state index contributed by atoms with van der Waals surface area (Å²) < 4.78 is 3.81. The summed E-state index contributed by atoms with van der Waals surface area (Å²) in [5, 5.41) is 2.79. The molecule has 5 rings (SSSR count). The van der Waals surface area contributed by atoms with Gasteiger partial charge in [0, 0.05) is 37.8 Å². The highest BCUT2D eigenvalue weighted by molar-refractivity contribution is 5.85. The molecule has 1 saturated heterocycles. The van der Waals surface area contributed by atoms with Crippen molar-refractivity contribution in [1.29, 1.82) is 0 Å². The van der Waals surface area contributed by atoms with E-state index in [1.807, 2.05) is 22.8 Å². The van der Waals surface area contributed by atoms with Crippen LogP contribution >= 0.6 is 24.8 Å². The van der Waals surface area contributed by atoms with Crippen molar-refractivity contribution in [2.75, 3.05) is 26.2 Å². The Morgan fingerprint density at radius 3 is 2.13 bits per heavy atom. The molecule has 1 aromatic heterocycles. The van der Waals surface area contributed by atoms with Gasteiger partial charge in [0.15, 0.2) is 0 Å². The van der Waals surface area contributed by atoms with Crippen molar-refractivity contribution in [1.82, 2.24) is 19.4 Å². The van der Waals surface area contributed by atoms with E-state index >= 15 is 0 Å². The Kier molecular flexibility index (Phi) is 10.9. The van der Waals surface area contributed by atoms with Gasteiger partial charge in [-0.15, -0.1) is 24.8 Å². The minimum absolute atomic E-state index is 0. The maximum Gasteiger partial charge on any atom is 0.329 e. The molecule has 0 atom stereocenters. The molecule has 38 heavy (non-hydrogen) atoms. The number of nitrogens with two attached hydrogens (primary N) is 1. The molecular formula is C29H41Cl2N5O2. The van der Waals surface area contributed by atoms with Crippen LogP contribution in [0.25, 0.3) is 11.0 Å². The zero-order valence-electron chi connectivity index (χ0n) is 22.0. The van der Waals surface area contributed by atoms with Crippen molar-refractivity contribution in [3.05, 3.63) is 70.6 Å². The number of amides is 1. The van der Waals surface area contributed by atoms with Crippen LogP contribution in [0.3, 0.4) is 0 Å². The number of hydrogen-bond donors (Lipinski definition) is 2. The first-order valence-corrected chi connectivity index (χ1v) is 13.6. The number of fused-ring (bicyclic) bond motifs is 1. The summed E-state index contributed by atoms with van der Waals surface area (Å²) >= 11 is 0. The van der Waals surface area contributed by atoms with E-state index in [9.17, 15) is 9.59 Å². The van der Waals surface area contributed by atoms with E-state index in [1.54, 1.807) is 4.57 Å². The minimum Gasteiger partial charge on any atom is -0.353 e. The lowest BCUT2D eigenvalue weighted by Gasteiger charge is -2.47. The molecule has 2 aliphatic rings. The first kappa shape index (κ1) is 30.2. The van der Waals surface area contributed by atoms with Gasteiger partial charge in [-0.3, -0.25) is 18.8 Å². The predicted octanol–water partition coefficient (Wildman–Crippen LogP) is 4.61. The topological polar surface area (TPSA) is 85.3 Å². The highest BCUT2D eigenvalue weighted by atomic mass is 35.5. The molecule has 0 spiro atoms. The summed E-state index contributed by atoms with van der Waals surface area (Å²) in [4.78, 5) is 27.9. The molecule has 1 amide bonds. The summed E-state index contributed by atoms with van der Waals surface area (Å²) in [6.45, 7) is 2.78. The van der Waals surface area contributed by atoms with Crippen molar-refractivity contribution < 1.29 is 4.79 Å². The summed E-state index contributed by atoms with van der Waals surface area (Å²) in [7, 11) is 0. The smallest absolute Gasteiger partial charge is 0.329 e. The van der Waals surface area contributed by atoms with Crippen LogP contribution in [0.1, 0.15) is 63.0 Å². The molecule has 2 heterocycles. The second kappa shape index (κ2) is 13.7. The fourth-order valence-electron chi connectivity index (χ4n) is 6.58. The molecule has 7 nitrogen and oxygen atoms in total. The number of benzene rings is 2. The van der Waals surface area contributed by atoms with Gasteiger partial charge in [-0.1, -0.05) is 68.1 Å². The Hall–Kier alpha value is -2.32. The average molecular weight is 563 g/mol. The van der Waals surface area contributed by atoms with Crippen LogP contribution in [0.5, 0.6) is 0 Å². The van der Waals surface area contributed by atoms with Crippen LogP contribution in [0.4, 0.5) is 0 Å². The Labute approximate surface area is 237 Å². The SMILES string of the molecule is Cl.Cl.NCC(=O)NCCn1c(=O)n(C2CCN(C3(c4ccccc4)CCCCCC3)CC2)c2ccccc21. The van der Waals surface area contributed by atoms with Crippen molar-refractivity contribution >= 4 is 41.8 Å². The van der Waals surface area contributed by atoms with Gasteiger partial charge >= 0.3 is 5.69 Å². The summed E-state index contributed by atoms with van der Waals surface area (Å²) in [5.41, 5.74) is 8.91. The van der Waals surface area contributed by atoms with Crippen LogP contribution in [-0.4, -0.2) is 46.1 Å². The van der Waals surface area contributed by atoms with E-state index in [1.165, 1.54) is 44.1 Å². The van der Waals surface area contributed by atoms with E-state index < -0.39 is 0 Å². The lowest BCUT2D eigenvalue weighted by atomic mass is 9.79. The molecule has 0 unspecified atom stereocenters. The number of likely N-dealkylation sites (tertiary alicyclic amines) is 1. The number of carbonyl (C=O) groups is 1. The number of imidazole rings is 1. The first-order valence-electron chi connectivity index (χ1n) is 13.6. The fourth-order valence-corrected chi connectivity index (χ4v) is 6.58. The number of aromatic nitrogens is 2. The lowest BCUT2D eigenvalue weighted by Crippen LogP contribution is -2.50. The molecule has 3 N–H and O–H groups in total. The zero-order valence-corrected chi connectivity index (χ0v) is 23.7. The standard InChI is InChI=1S/C29H39N5O2.2ClH/c30-22-27(35)31-18-21-33-25-12-6-7-13-26(25)34(28(33)36)24-14-19-32(20-15-24)29(16-8-1-2-9-17-29)23-10-4-3-5-11-23;;/h3-7,10-13,24H,1-2,8-9,14-22,30H2,(H,31,35);2*1H. The van der Waals surface area contributed by atoms with Crippen molar-refractivity contribution in [2.45, 2.75) is 69.5 Å². The van der Waals surface area contributed by atoms with E-state index in [0.29, 0.717) is 13.1 Å². The number of nitrogens with zero attached hydrogens (tertiary/aromatic N) is 3. The van der Waals surface area contributed by atoms with Gasteiger partial charge in [-0.05, 0) is 43.4 Å². The molecule has 3 aromatic rings. The van der Waals surface area contributed by atoms with Crippen LogP contribution in [0.15, 0.2) is 59.4 Å². The normalized spacial score (nSPS) is 18.2. The molecular weight excluding hydrogens is 521 g/mol. The molecule has 208 valence electrons. The zero-order chi connectivity index (χ0) is 25.0. The van der Waals surface area contributed by atoms with Crippen molar-refractivity contribution in [3.63, 3.8) is 0 Å². The van der Waals surface area contributed by atoms with Gasteiger partial charge in [0.1, 0.15) is 0 Å². The summed E-state index contributed by atoms with van der Waals surface area (Å²) in [5.74, 6) is -0.204. The maximum absolute atomic E-state index is 13.6. The van der Waals surface area contributed by atoms with Crippen molar-refractivity contribution in [2.24, 2.45) is 5.73 Å². The highest BCUT2D eigenvalue weighted by Crippen LogP contribution is 2.43. The second-order valence-electron chi connectivity index (χ2n) is 10.4. The van der Waals surface area contributed by atoms with Gasteiger partial charge < -0.3 is 11.1 Å².